The van der Waals surface area contributed by atoms with Crippen LogP contribution in [-0.4, -0.2) is 47.6 Å². The number of aromatic carboxylic acids is 1. The summed E-state index contributed by atoms with van der Waals surface area (Å²) in [5.74, 6) is -0.524. The minimum absolute atomic E-state index is 0.136. The van der Waals surface area contributed by atoms with E-state index in [-0.39, 0.29) is 11.6 Å². The molecule has 1 rings (SSSR count). The van der Waals surface area contributed by atoms with Crippen molar-refractivity contribution in [1.82, 2.24) is 9.88 Å². The molecule has 0 fully saturated rings. The average Bonchev–Trinajstić information content (AvgIpc) is 2.15. The molecule has 1 aromatic heterocycles. The quantitative estimate of drug-likeness (QED) is 0.811. The second kappa shape index (κ2) is 5.63. The van der Waals surface area contributed by atoms with Gasteiger partial charge in [0.25, 0.3) is 0 Å². The zero-order chi connectivity index (χ0) is 13.0. The third-order valence-corrected chi connectivity index (χ3v) is 2.29. The molecule has 0 radical (unpaired) electrons. The highest BCUT2D eigenvalue weighted by molar-refractivity contribution is 5.93. The Bertz CT molecular complexity index is 405. The fraction of sp³-hybridized carbons (Fsp3) is 0.500. The number of hydrogen-bond acceptors (Lipinski definition) is 4. The summed E-state index contributed by atoms with van der Waals surface area (Å²) in [6.45, 7) is 4.65. The first kappa shape index (κ1) is 13.4. The normalized spacial score (nSPS) is 12.5. The van der Waals surface area contributed by atoms with Crippen LogP contribution in [0.2, 0.25) is 0 Å². The molecular formula is C12H19N3O2. The number of nitrogens with zero attached hydrogens (tertiary/aromatic N) is 2. The van der Waals surface area contributed by atoms with E-state index in [0.29, 0.717) is 5.82 Å². The summed E-state index contributed by atoms with van der Waals surface area (Å²) < 4.78 is 0. The molecule has 1 aromatic rings. The predicted molar refractivity (Wildman–Crippen MR) is 67.6 cm³/mol. The zero-order valence-corrected chi connectivity index (χ0v) is 10.7. The van der Waals surface area contributed by atoms with Crippen molar-refractivity contribution in [3.05, 3.63) is 23.4 Å². The van der Waals surface area contributed by atoms with Crippen molar-refractivity contribution in [2.45, 2.75) is 19.9 Å². The number of likely N-dealkylation sites (N-methyl/N-ethyl adjacent to an activating group) is 1. The van der Waals surface area contributed by atoms with E-state index in [1.165, 1.54) is 0 Å². The Balaban J connectivity index is 2.88. The molecule has 0 saturated carbocycles. The van der Waals surface area contributed by atoms with Gasteiger partial charge in [0.05, 0.1) is 0 Å². The molecule has 0 amide bonds. The molecular weight excluding hydrogens is 218 g/mol. The van der Waals surface area contributed by atoms with Crippen molar-refractivity contribution < 1.29 is 9.90 Å². The standard InChI is InChI=1S/C12H19N3O2/c1-8-5-6-10(12(16)17)11(13-8)14-9(2)7-15(3)4/h5-6,9H,7H2,1-4H3,(H,13,14)(H,16,17). The van der Waals surface area contributed by atoms with Gasteiger partial charge in [0.2, 0.25) is 0 Å². The number of carbonyl (C=O) groups is 1. The summed E-state index contributed by atoms with van der Waals surface area (Å²) in [5, 5.41) is 12.2. The highest BCUT2D eigenvalue weighted by Crippen LogP contribution is 2.14. The van der Waals surface area contributed by atoms with Crippen LogP contribution in [0.4, 0.5) is 5.82 Å². The number of carboxylic acids is 1. The van der Waals surface area contributed by atoms with Crippen LogP contribution in [0.1, 0.15) is 23.0 Å². The fourth-order valence-corrected chi connectivity index (χ4v) is 1.67. The van der Waals surface area contributed by atoms with E-state index in [4.69, 9.17) is 5.11 Å². The Morgan fingerprint density at radius 1 is 1.53 bits per heavy atom. The van der Waals surface area contributed by atoms with E-state index >= 15 is 0 Å². The topological polar surface area (TPSA) is 65.5 Å². The van der Waals surface area contributed by atoms with Crippen molar-refractivity contribution in [1.29, 1.82) is 0 Å². The third-order valence-electron chi connectivity index (χ3n) is 2.29. The molecule has 0 spiro atoms. The SMILES string of the molecule is Cc1ccc(C(=O)O)c(NC(C)CN(C)C)n1. The molecule has 1 heterocycles. The summed E-state index contributed by atoms with van der Waals surface area (Å²) >= 11 is 0. The highest BCUT2D eigenvalue weighted by atomic mass is 16.4. The van der Waals surface area contributed by atoms with E-state index in [0.717, 1.165) is 12.2 Å². The van der Waals surface area contributed by atoms with E-state index in [1.54, 1.807) is 12.1 Å². The molecule has 0 aromatic carbocycles. The lowest BCUT2D eigenvalue weighted by Crippen LogP contribution is -2.30. The highest BCUT2D eigenvalue weighted by Gasteiger charge is 2.13. The number of nitrogens with one attached hydrogen (secondary N) is 1. The van der Waals surface area contributed by atoms with Crippen molar-refractivity contribution >= 4 is 11.8 Å². The van der Waals surface area contributed by atoms with Crippen molar-refractivity contribution in [3.8, 4) is 0 Å². The summed E-state index contributed by atoms with van der Waals surface area (Å²) in [7, 11) is 3.94. The van der Waals surface area contributed by atoms with Crippen LogP contribution in [0.25, 0.3) is 0 Å². The molecule has 94 valence electrons. The van der Waals surface area contributed by atoms with E-state index in [9.17, 15) is 4.79 Å². The smallest absolute Gasteiger partial charge is 0.339 e. The number of pyridine rings is 1. The number of aryl methyl sites for hydroxylation is 1. The fourth-order valence-electron chi connectivity index (χ4n) is 1.67. The Morgan fingerprint density at radius 3 is 2.71 bits per heavy atom. The molecule has 0 bridgehead atoms. The molecule has 0 saturated heterocycles. The van der Waals surface area contributed by atoms with E-state index in [1.807, 2.05) is 32.8 Å². The molecule has 0 aliphatic rings. The van der Waals surface area contributed by atoms with Crippen LogP contribution >= 0.6 is 0 Å². The third kappa shape index (κ3) is 4.03. The minimum Gasteiger partial charge on any atom is -0.478 e. The second-order valence-electron chi connectivity index (χ2n) is 4.46. The lowest BCUT2D eigenvalue weighted by molar-refractivity contribution is 0.0697. The predicted octanol–water partition coefficient (Wildman–Crippen LogP) is 1.45. The van der Waals surface area contributed by atoms with Gasteiger partial charge >= 0.3 is 5.97 Å². The number of aromatic nitrogens is 1. The second-order valence-corrected chi connectivity index (χ2v) is 4.46. The Kier molecular flexibility index (Phi) is 4.45. The Labute approximate surface area is 101 Å². The summed E-state index contributed by atoms with van der Waals surface area (Å²) in [6.07, 6.45) is 0. The average molecular weight is 237 g/mol. The monoisotopic (exact) mass is 237 g/mol. The van der Waals surface area contributed by atoms with Gasteiger partial charge in [0.1, 0.15) is 11.4 Å². The van der Waals surface area contributed by atoms with Gasteiger partial charge in [-0.2, -0.15) is 0 Å². The number of rotatable bonds is 5. The first-order valence-electron chi connectivity index (χ1n) is 5.52. The van der Waals surface area contributed by atoms with Crippen LogP contribution in [0.3, 0.4) is 0 Å². The van der Waals surface area contributed by atoms with E-state index < -0.39 is 5.97 Å². The lowest BCUT2D eigenvalue weighted by Gasteiger charge is -2.19. The van der Waals surface area contributed by atoms with E-state index in [2.05, 4.69) is 10.3 Å². The number of hydrogen-bond donors (Lipinski definition) is 2. The molecule has 17 heavy (non-hydrogen) atoms. The van der Waals surface area contributed by atoms with Crippen LogP contribution in [-0.2, 0) is 0 Å². The van der Waals surface area contributed by atoms with Gasteiger partial charge in [-0.05, 0) is 40.1 Å². The maximum Gasteiger partial charge on any atom is 0.339 e. The molecule has 5 heteroatoms. The number of anilines is 1. The first-order valence-corrected chi connectivity index (χ1v) is 5.52. The molecule has 1 unspecified atom stereocenters. The molecule has 2 N–H and O–H groups in total. The van der Waals surface area contributed by atoms with Gasteiger partial charge in [-0.15, -0.1) is 0 Å². The molecule has 5 nitrogen and oxygen atoms in total. The van der Waals surface area contributed by atoms with Gasteiger partial charge in [-0.1, -0.05) is 0 Å². The van der Waals surface area contributed by atoms with Crippen molar-refractivity contribution in [2.75, 3.05) is 26.0 Å². The van der Waals surface area contributed by atoms with Gasteiger partial charge in [-0.25, -0.2) is 9.78 Å². The summed E-state index contributed by atoms with van der Waals surface area (Å²) in [4.78, 5) is 17.3. The molecule has 0 aliphatic heterocycles. The van der Waals surface area contributed by atoms with Crippen LogP contribution in [0, 0.1) is 6.92 Å². The largest absolute Gasteiger partial charge is 0.478 e. The lowest BCUT2D eigenvalue weighted by atomic mass is 10.2. The maximum absolute atomic E-state index is 11.0. The Hall–Kier alpha value is -1.62. The van der Waals surface area contributed by atoms with Gasteiger partial charge in [0, 0.05) is 18.3 Å². The zero-order valence-electron chi connectivity index (χ0n) is 10.7. The van der Waals surface area contributed by atoms with Gasteiger partial charge < -0.3 is 15.3 Å². The van der Waals surface area contributed by atoms with Crippen molar-refractivity contribution in [3.63, 3.8) is 0 Å². The maximum atomic E-state index is 11.0. The van der Waals surface area contributed by atoms with Crippen molar-refractivity contribution in [2.24, 2.45) is 0 Å². The van der Waals surface area contributed by atoms with Crippen LogP contribution in [0.5, 0.6) is 0 Å². The van der Waals surface area contributed by atoms with Crippen LogP contribution in [0.15, 0.2) is 12.1 Å². The minimum atomic E-state index is -0.961. The molecule has 0 aliphatic carbocycles. The summed E-state index contributed by atoms with van der Waals surface area (Å²) in [5.41, 5.74) is 1.01. The molecule has 1 atom stereocenters. The summed E-state index contributed by atoms with van der Waals surface area (Å²) in [6, 6.07) is 3.41. The van der Waals surface area contributed by atoms with Gasteiger partial charge in [-0.3, -0.25) is 0 Å². The van der Waals surface area contributed by atoms with Gasteiger partial charge in [0.15, 0.2) is 0 Å². The first-order chi connectivity index (χ1) is 7.90. The van der Waals surface area contributed by atoms with Crippen LogP contribution < -0.4 is 5.32 Å². The Morgan fingerprint density at radius 2 is 2.18 bits per heavy atom. The number of carboxylic acid groups (broad SMARTS) is 1.